The Kier molecular flexibility index (Phi) is 1.45. The smallest absolute Gasteiger partial charge is 0.100 e. The lowest BCUT2D eigenvalue weighted by atomic mass is 9.86. The normalized spacial score (nSPS) is 27.9. The summed E-state index contributed by atoms with van der Waals surface area (Å²) >= 11 is 0. The molecule has 0 amide bonds. The fourth-order valence-corrected chi connectivity index (χ4v) is 2.09. The maximum absolute atomic E-state index is 3.86. The molecule has 2 heteroatoms. The quantitative estimate of drug-likeness (QED) is 0.601. The van der Waals surface area contributed by atoms with Gasteiger partial charge >= 0.3 is 0 Å². The van der Waals surface area contributed by atoms with Crippen molar-refractivity contribution in [3.63, 3.8) is 0 Å². The van der Waals surface area contributed by atoms with Gasteiger partial charge in [-0.3, -0.25) is 0 Å². The van der Waals surface area contributed by atoms with Crippen LogP contribution in [0.15, 0.2) is 59.7 Å². The third-order valence-electron chi connectivity index (χ3n) is 2.78. The van der Waals surface area contributed by atoms with E-state index in [9.17, 15) is 0 Å². The summed E-state index contributed by atoms with van der Waals surface area (Å²) in [7, 11) is 0. The van der Waals surface area contributed by atoms with Gasteiger partial charge in [-0.25, -0.2) is 0 Å². The first kappa shape index (κ1) is 7.68. The van der Waals surface area contributed by atoms with E-state index in [-0.39, 0.29) is 0 Å². The molecule has 1 fully saturated rings. The molecule has 0 aromatic heterocycles. The monoisotopic (exact) mass is 184 g/mol. The average molecular weight is 184 g/mol. The molecular weight excluding hydrogens is 172 g/mol. The molecule has 0 radical (unpaired) electrons. The highest BCUT2D eigenvalue weighted by Crippen LogP contribution is 2.32. The van der Waals surface area contributed by atoms with Crippen molar-refractivity contribution in [1.82, 2.24) is 10.6 Å². The van der Waals surface area contributed by atoms with Crippen LogP contribution in [0.5, 0.6) is 0 Å². The molecule has 2 aliphatic carbocycles. The fourth-order valence-electron chi connectivity index (χ4n) is 2.09. The summed E-state index contributed by atoms with van der Waals surface area (Å²) in [6, 6.07) is 0. The third kappa shape index (κ3) is 1.04. The second-order valence-electron chi connectivity index (χ2n) is 3.80. The largest absolute Gasteiger partial charge is 0.341 e. The van der Waals surface area contributed by atoms with Crippen LogP contribution in [0, 0.1) is 5.92 Å². The van der Waals surface area contributed by atoms with E-state index in [1.54, 1.807) is 0 Å². The van der Waals surface area contributed by atoms with Crippen LogP contribution in [-0.2, 0) is 0 Å². The van der Waals surface area contributed by atoms with Gasteiger partial charge in [0.1, 0.15) is 5.82 Å². The van der Waals surface area contributed by atoms with Crippen molar-refractivity contribution in [3.8, 4) is 0 Å². The zero-order valence-corrected chi connectivity index (χ0v) is 7.88. The summed E-state index contributed by atoms with van der Waals surface area (Å²) in [5.74, 6) is 1.41. The SMILES string of the molecule is C=C1NC2=CC3=CC=CCC3C=C2N1. The number of fused-ring (bicyclic) bond motifs is 2. The van der Waals surface area contributed by atoms with Gasteiger partial charge in [-0.1, -0.05) is 30.9 Å². The van der Waals surface area contributed by atoms with Crippen LogP contribution in [0.1, 0.15) is 6.42 Å². The molecule has 70 valence electrons. The summed E-state index contributed by atoms with van der Waals surface area (Å²) in [4.78, 5) is 0. The molecule has 3 aliphatic rings. The minimum absolute atomic E-state index is 0.541. The zero-order chi connectivity index (χ0) is 9.54. The van der Waals surface area contributed by atoms with Crippen LogP contribution in [0.25, 0.3) is 0 Å². The van der Waals surface area contributed by atoms with Crippen molar-refractivity contribution in [2.24, 2.45) is 5.92 Å². The van der Waals surface area contributed by atoms with E-state index in [4.69, 9.17) is 0 Å². The van der Waals surface area contributed by atoms with Crippen LogP contribution in [0.3, 0.4) is 0 Å². The van der Waals surface area contributed by atoms with E-state index in [0.717, 1.165) is 17.9 Å². The van der Waals surface area contributed by atoms with Crippen molar-refractivity contribution in [2.45, 2.75) is 6.42 Å². The first-order valence-electron chi connectivity index (χ1n) is 4.86. The van der Waals surface area contributed by atoms with Gasteiger partial charge in [-0.15, -0.1) is 0 Å². The Morgan fingerprint density at radius 3 is 3.07 bits per heavy atom. The summed E-state index contributed by atoms with van der Waals surface area (Å²) in [5, 5.41) is 6.44. The topological polar surface area (TPSA) is 24.1 Å². The molecule has 0 saturated carbocycles. The van der Waals surface area contributed by atoms with Gasteiger partial charge in [0.25, 0.3) is 0 Å². The molecule has 1 atom stereocenters. The molecule has 0 aromatic rings. The van der Waals surface area contributed by atoms with E-state index in [1.807, 2.05) is 0 Å². The average Bonchev–Trinajstić information content (AvgIpc) is 2.53. The van der Waals surface area contributed by atoms with Gasteiger partial charge in [-0.05, 0) is 18.1 Å². The van der Waals surface area contributed by atoms with Crippen LogP contribution >= 0.6 is 0 Å². The van der Waals surface area contributed by atoms with Gasteiger partial charge in [0.15, 0.2) is 0 Å². The van der Waals surface area contributed by atoms with Gasteiger partial charge < -0.3 is 10.6 Å². The van der Waals surface area contributed by atoms with E-state index in [0.29, 0.717) is 5.92 Å². The Labute approximate surface area is 83.4 Å². The van der Waals surface area contributed by atoms with Crippen LogP contribution in [0.2, 0.25) is 0 Å². The Balaban J connectivity index is 2.04. The molecule has 1 saturated heterocycles. The van der Waals surface area contributed by atoms with Crippen molar-refractivity contribution in [2.75, 3.05) is 0 Å². The van der Waals surface area contributed by atoms with E-state index >= 15 is 0 Å². The Bertz CT molecular complexity index is 422. The van der Waals surface area contributed by atoms with Gasteiger partial charge in [0.05, 0.1) is 11.4 Å². The Morgan fingerprint density at radius 1 is 1.29 bits per heavy atom. The molecule has 0 aromatic carbocycles. The predicted molar refractivity (Wildman–Crippen MR) is 56.9 cm³/mol. The molecule has 1 heterocycles. The highest BCUT2D eigenvalue weighted by atomic mass is 15.2. The first-order chi connectivity index (χ1) is 6.83. The molecule has 2 N–H and O–H groups in total. The summed E-state index contributed by atoms with van der Waals surface area (Å²) in [6.07, 6.45) is 12.1. The van der Waals surface area contributed by atoms with Crippen LogP contribution in [0.4, 0.5) is 0 Å². The van der Waals surface area contributed by atoms with Crippen molar-refractivity contribution >= 4 is 0 Å². The molecule has 1 unspecified atom stereocenters. The second-order valence-corrected chi connectivity index (χ2v) is 3.80. The molecule has 2 nitrogen and oxygen atoms in total. The lowest BCUT2D eigenvalue weighted by molar-refractivity contribution is 0.762. The van der Waals surface area contributed by atoms with E-state index in [1.165, 1.54) is 11.3 Å². The minimum Gasteiger partial charge on any atom is -0.341 e. The van der Waals surface area contributed by atoms with Crippen molar-refractivity contribution < 1.29 is 0 Å². The highest BCUT2D eigenvalue weighted by Gasteiger charge is 2.24. The Morgan fingerprint density at radius 2 is 2.14 bits per heavy atom. The van der Waals surface area contributed by atoms with E-state index in [2.05, 4.69) is 47.6 Å². The van der Waals surface area contributed by atoms with Gasteiger partial charge in [-0.2, -0.15) is 0 Å². The van der Waals surface area contributed by atoms with Crippen LogP contribution < -0.4 is 10.6 Å². The molecule has 0 spiro atoms. The number of hydrogen-bond acceptors (Lipinski definition) is 2. The molecule has 0 bridgehead atoms. The molecule has 1 aliphatic heterocycles. The predicted octanol–water partition coefficient (Wildman–Crippen LogP) is 1.93. The molecular formula is C12H12N2. The highest BCUT2D eigenvalue weighted by molar-refractivity contribution is 5.50. The van der Waals surface area contributed by atoms with Gasteiger partial charge in [0, 0.05) is 5.92 Å². The summed E-state index contributed by atoms with van der Waals surface area (Å²) < 4.78 is 0. The Hall–Kier alpha value is -1.70. The van der Waals surface area contributed by atoms with Crippen molar-refractivity contribution in [3.05, 3.63) is 59.7 Å². The summed E-state index contributed by atoms with van der Waals surface area (Å²) in [5.41, 5.74) is 3.70. The maximum Gasteiger partial charge on any atom is 0.100 e. The first-order valence-corrected chi connectivity index (χ1v) is 4.86. The summed E-state index contributed by atoms with van der Waals surface area (Å²) in [6.45, 7) is 3.86. The number of allylic oxidation sites excluding steroid dienone is 6. The second kappa shape index (κ2) is 2.64. The molecule has 14 heavy (non-hydrogen) atoms. The number of rotatable bonds is 0. The third-order valence-corrected chi connectivity index (χ3v) is 2.78. The van der Waals surface area contributed by atoms with Gasteiger partial charge in [0.2, 0.25) is 0 Å². The number of hydrogen-bond donors (Lipinski definition) is 2. The lowest BCUT2D eigenvalue weighted by Crippen LogP contribution is -2.12. The minimum atomic E-state index is 0.541. The zero-order valence-electron chi connectivity index (χ0n) is 7.88. The van der Waals surface area contributed by atoms with Crippen molar-refractivity contribution in [1.29, 1.82) is 0 Å². The lowest BCUT2D eigenvalue weighted by Gasteiger charge is -2.21. The standard InChI is InChI=1S/C12H12N2/c1-8-13-11-6-9-4-2-3-5-10(9)7-12(11)14-8/h2-4,6-7,10,13-14H,1,5H2. The van der Waals surface area contributed by atoms with Crippen LogP contribution in [-0.4, -0.2) is 0 Å². The maximum atomic E-state index is 3.86. The molecule has 3 rings (SSSR count). The van der Waals surface area contributed by atoms with E-state index < -0.39 is 0 Å². The number of nitrogens with one attached hydrogen (secondary N) is 2. The fraction of sp³-hybridized carbons (Fsp3) is 0.167.